The molecule has 0 aromatic heterocycles. The van der Waals surface area contributed by atoms with E-state index in [1.54, 1.807) is 6.07 Å². The van der Waals surface area contributed by atoms with Crippen LogP contribution in [0.3, 0.4) is 0 Å². The van der Waals surface area contributed by atoms with E-state index in [0.29, 0.717) is 0 Å². The lowest BCUT2D eigenvalue weighted by Gasteiger charge is -2.21. The molecule has 0 aliphatic heterocycles. The van der Waals surface area contributed by atoms with Crippen LogP contribution in [0.1, 0.15) is 12.0 Å². The molecular formula is C12H15ClN2O2. The Labute approximate surface area is 105 Å². The smallest absolute Gasteiger partial charge is 0.241 e. The van der Waals surface area contributed by atoms with Crippen molar-refractivity contribution >= 4 is 29.1 Å². The molecular weight excluding hydrogens is 240 g/mol. The largest absolute Gasteiger partial charge is 0.370 e. The maximum absolute atomic E-state index is 11.7. The van der Waals surface area contributed by atoms with Crippen molar-refractivity contribution in [3.05, 3.63) is 29.8 Å². The third-order valence-electron chi connectivity index (χ3n) is 2.31. The SMILES string of the molecule is Cc1cccc(N(CCC(N)=O)C(=O)CCl)c1. The van der Waals surface area contributed by atoms with E-state index in [9.17, 15) is 9.59 Å². The van der Waals surface area contributed by atoms with Gasteiger partial charge < -0.3 is 10.6 Å². The number of halogens is 1. The number of carbonyl (C=O) groups excluding carboxylic acids is 2. The highest BCUT2D eigenvalue weighted by atomic mass is 35.5. The van der Waals surface area contributed by atoms with Gasteiger partial charge >= 0.3 is 0 Å². The summed E-state index contributed by atoms with van der Waals surface area (Å²) in [5, 5.41) is 0. The summed E-state index contributed by atoms with van der Waals surface area (Å²) in [7, 11) is 0. The van der Waals surface area contributed by atoms with Crippen molar-refractivity contribution < 1.29 is 9.59 Å². The number of amides is 2. The molecule has 17 heavy (non-hydrogen) atoms. The number of primary amides is 1. The molecule has 0 fully saturated rings. The van der Waals surface area contributed by atoms with Gasteiger partial charge in [-0.1, -0.05) is 12.1 Å². The minimum Gasteiger partial charge on any atom is -0.370 e. The lowest BCUT2D eigenvalue weighted by Crippen LogP contribution is -2.34. The average molecular weight is 255 g/mol. The predicted octanol–water partition coefficient (Wildman–Crippen LogP) is 1.44. The maximum Gasteiger partial charge on any atom is 0.241 e. The molecule has 1 aromatic rings. The predicted molar refractivity (Wildman–Crippen MR) is 68.1 cm³/mol. The van der Waals surface area contributed by atoms with E-state index in [0.717, 1.165) is 11.3 Å². The molecule has 0 saturated heterocycles. The minimum absolute atomic E-state index is 0.118. The number of rotatable bonds is 5. The second kappa shape index (κ2) is 6.25. The van der Waals surface area contributed by atoms with Crippen LogP contribution in [0.2, 0.25) is 0 Å². The molecule has 5 heteroatoms. The highest BCUT2D eigenvalue weighted by Crippen LogP contribution is 2.16. The van der Waals surface area contributed by atoms with E-state index in [1.165, 1.54) is 4.90 Å². The van der Waals surface area contributed by atoms with Crippen molar-refractivity contribution in [2.75, 3.05) is 17.3 Å². The standard InChI is InChI=1S/C12H15ClN2O2/c1-9-3-2-4-10(7-9)15(12(17)8-13)6-5-11(14)16/h2-4,7H,5-6,8H2,1H3,(H2,14,16). The third-order valence-corrected chi connectivity index (χ3v) is 2.54. The zero-order chi connectivity index (χ0) is 12.8. The Morgan fingerprint density at radius 3 is 2.65 bits per heavy atom. The van der Waals surface area contributed by atoms with Gasteiger partial charge in [-0.25, -0.2) is 0 Å². The molecule has 0 aliphatic carbocycles. The number of benzene rings is 1. The van der Waals surface area contributed by atoms with E-state index < -0.39 is 5.91 Å². The highest BCUT2D eigenvalue weighted by Gasteiger charge is 2.15. The van der Waals surface area contributed by atoms with Gasteiger partial charge in [0.25, 0.3) is 0 Å². The van der Waals surface area contributed by atoms with Gasteiger partial charge in [0, 0.05) is 18.7 Å². The van der Waals surface area contributed by atoms with Gasteiger partial charge in [0.15, 0.2) is 0 Å². The number of nitrogens with zero attached hydrogens (tertiary/aromatic N) is 1. The molecule has 0 unspecified atom stereocenters. The summed E-state index contributed by atoms with van der Waals surface area (Å²) in [5.74, 6) is -0.796. The van der Waals surface area contributed by atoms with Crippen molar-refractivity contribution in [1.29, 1.82) is 0 Å². The Hall–Kier alpha value is -1.55. The number of carbonyl (C=O) groups is 2. The minimum atomic E-state index is -0.440. The number of alkyl halides is 1. The first-order valence-corrected chi connectivity index (χ1v) is 5.79. The van der Waals surface area contributed by atoms with Crippen LogP contribution in [0.25, 0.3) is 0 Å². The summed E-state index contributed by atoms with van der Waals surface area (Å²) in [6, 6.07) is 7.45. The van der Waals surface area contributed by atoms with E-state index >= 15 is 0 Å². The normalized spacial score (nSPS) is 10.0. The summed E-state index contributed by atoms with van der Waals surface area (Å²) in [6.07, 6.45) is 0.122. The molecule has 2 N–H and O–H groups in total. The van der Waals surface area contributed by atoms with E-state index in [-0.39, 0.29) is 24.8 Å². The molecule has 92 valence electrons. The molecule has 0 saturated carbocycles. The van der Waals surface area contributed by atoms with Crippen LogP contribution in [-0.2, 0) is 9.59 Å². The monoisotopic (exact) mass is 254 g/mol. The Morgan fingerprint density at radius 2 is 2.12 bits per heavy atom. The van der Waals surface area contributed by atoms with E-state index in [1.807, 2.05) is 25.1 Å². The van der Waals surface area contributed by atoms with Crippen LogP contribution in [0, 0.1) is 6.92 Å². The fourth-order valence-corrected chi connectivity index (χ4v) is 1.63. The molecule has 1 aromatic carbocycles. The first-order valence-electron chi connectivity index (χ1n) is 5.26. The fraction of sp³-hybridized carbons (Fsp3) is 0.333. The number of hydrogen-bond donors (Lipinski definition) is 1. The Bertz CT molecular complexity index is 421. The van der Waals surface area contributed by atoms with Crippen LogP contribution < -0.4 is 10.6 Å². The van der Waals surface area contributed by atoms with Crippen molar-refractivity contribution in [2.45, 2.75) is 13.3 Å². The van der Waals surface area contributed by atoms with Gasteiger partial charge in [-0.15, -0.1) is 11.6 Å². The topological polar surface area (TPSA) is 63.4 Å². The molecule has 4 nitrogen and oxygen atoms in total. The number of anilines is 1. The second-order valence-corrected chi connectivity index (χ2v) is 4.00. The zero-order valence-corrected chi connectivity index (χ0v) is 10.4. The van der Waals surface area contributed by atoms with Gasteiger partial charge in [-0.2, -0.15) is 0 Å². The summed E-state index contributed by atoms with van der Waals surface area (Å²) >= 11 is 5.54. The van der Waals surface area contributed by atoms with Crippen molar-refractivity contribution in [3.63, 3.8) is 0 Å². The summed E-state index contributed by atoms with van der Waals surface area (Å²) < 4.78 is 0. The zero-order valence-electron chi connectivity index (χ0n) is 9.65. The third kappa shape index (κ3) is 4.07. The van der Waals surface area contributed by atoms with Gasteiger partial charge in [-0.3, -0.25) is 9.59 Å². The quantitative estimate of drug-likeness (QED) is 0.809. The molecule has 0 aliphatic rings. The summed E-state index contributed by atoms with van der Waals surface area (Å²) in [5.41, 5.74) is 6.85. The molecule has 0 heterocycles. The van der Waals surface area contributed by atoms with E-state index in [2.05, 4.69) is 0 Å². The lowest BCUT2D eigenvalue weighted by atomic mass is 10.2. The maximum atomic E-state index is 11.7. The molecule has 0 bridgehead atoms. The van der Waals surface area contributed by atoms with Gasteiger partial charge in [0.1, 0.15) is 5.88 Å². The van der Waals surface area contributed by atoms with Gasteiger partial charge in [0.05, 0.1) is 0 Å². The number of aryl methyl sites for hydroxylation is 1. The van der Waals surface area contributed by atoms with Crippen LogP contribution in [0.5, 0.6) is 0 Å². The van der Waals surface area contributed by atoms with Crippen LogP contribution in [0.4, 0.5) is 5.69 Å². The second-order valence-electron chi connectivity index (χ2n) is 3.73. The lowest BCUT2D eigenvalue weighted by molar-refractivity contribution is -0.118. The first kappa shape index (κ1) is 13.5. The number of nitrogens with two attached hydrogens (primary N) is 1. The van der Waals surface area contributed by atoms with Crippen LogP contribution in [-0.4, -0.2) is 24.2 Å². The average Bonchev–Trinajstić information content (AvgIpc) is 2.28. The molecule has 1 rings (SSSR count). The van der Waals surface area contributed by atoms with Crippen LogP contribution >= 0.6 is 11.6 Å². The van der Waals surface area contributed by atoms with Crippen molar-refractivity contribution in [3.8, 4) is 0 Å². The Morgan fingerprint density at radius 1 is 1.41 bits per heavy atom. The van der Waals surface area contributed by atoms with Gasteiger partial charge in [0.2, 0.25) is 11.8 Å². The van der Waals surface area contributed by atoms with Crippen molar-refractivity contribution in [2.24, 2.45) is 5.73 Å². The molecule has 0 radical (unpaired) electrons. The summed E-state index contributed by atoms with van der Waals surface area (Å²) in [4.78, 5) is 23.9. The molecule has 0 atom stereocenters. The molecule has 0 spiro atoms. The Balaban J connectivity index is 2.89. The fourth-order valence-electron chi connectivity index (χ4n) is 1.49. The highest BCUT2D eigenvalue weighted by molar-refractivity contribution is 6.29. The Kier molecular flexibility index (Phi) is 4.97. The van der Waals surface area contributed by atoms with Gasteiger partial charge in [-0.05, 0) is 24.6 Å². The van der Waals surface area contributed by atoms with Crippen LogP contribution in [0.15, 0.2) is 24.3 Å². The van der Waals surface area contributed by atoms with E-state index in [4.69, 9.17) is 17.3 Å². The number of hydrogen-bond acceptors (Lipinski definition) is 2. The molecule has 2 amide bonds. The van der Waals surface area contributed by atoms with Crippen molar-refractivity contribution in [1.82, 2.24) is 0 Å². The summed E-state index contributed by atoms with van der Waals surface area (Å²) in [6.45, 7) is 2.19. The first-order chi connectivity index (χ1) is 8.04.